The number of amides is 1. The molecule has 0 bridgehead atoms. The van der Waals surface area contributed by atoms with Crippen molar-refractivity contribution in [3.63, 3.8) is 0 Å². The molecular weight excluding hydrogens is 312 g/mol. The Kier molecular flexibility index (Phi) is 9.03. The van der Waals surface area contributed by atoms with Crippen molar-refractivity contribution in [3.05, 3.63) is 29.8 Å². The van der Waals surface area contributed by atoms with E-state index < -0.39 is 0 Å². The minimum absolute atomic E-state index is 0. The van der Waals surface area contributed by atoms with Crippen LogP contribution >= 0.6 is 12.4 Å². The Bertz CT molecular complexity index is 476. The van der Waals surface area contributed by atoms with E-state index in [0.29, 0.717) is 18.9 Å². The molecule has 2 N–H and O–H groups in total. The summed E-state index contributed by atoms with van der Waals surface area (Å²) >= 11 is 0. The van der Waals surface area contributed by atoms with E-state index in [-0.39, 0.29) is 24.4 Å². The van der Waals surface area contributed by atoms with Crippen molar-refractivity contribution in [2.24, 2.45) is 5.92 Å². The van der Waals surface area contributed by atoms with Gasteiger partial charge < -0.3 is 15.4 Å². The largest absolute Gasteiger partial charge is 0.488 e. The molecule has 1 aromatic rings. The summed E-state index contributed by atoms with van der Waals surface area (Å²) < 4.78 is 6.00. The van der Waals surface area contributed by atoms with Gasteiger partial charge >= 0.3 is 0 Å². The maximum absolute atomic E-state index is 12.0. The summed E-state index contributed by atoms with van der Waals surface area (Å²) in [4.78, 5) is 12.0. The third kappa shape index (κ3) is 6.80. The van der Waals surface area contributed by atoms with E-state index >= 15 is 0 Å². The van der Waals surface area contributed by atoms with E-state index in [1.165, 1.54) is 6.42 Å². The first-order valence-electron chi connectivity index (χ1n) is 8.38. The van der Waals surface area contributed by atoms with Crippen LogP contribution in [0, 0.1) is 12.8 Å². The molecule has 0 radical (unpaired) electrons. The van der Waals surface area contributed by atoms with Crippen molar-refractivity contribution >= 4 is 18.3 Å². The number of ether oxygens (including phenoxy) is 1. The average molecular weight is 341 g/mol. The summed E-state index contributed by atoms with van der Waals surface area (Å²) in [5.74, 6) is 1.70. The third-order valence-electron chi connectivity index (χ3n) is 4.31. The van der Waals surface area contributed by atoms with Gasteiger partial charge in [-0.05, 0) is 56.8 Å². The molecule has 1 amide bonds. The minimum Gasteiger partial charge on any atom is -0.488 e. The monoisotopic (exact) mass is 340 g/mol. The Balaban J connectivity index is 0.00000264. The SMILES string of the molecule is CCC(CNC(=O)CCC1CCNC1)Oc1ccccc1C.Cl. The van der Waals surface area contributed by atoms with E-state index in [1.54, 1.807) is 0 Å². The number of hydrogen-bond donors (Lipinski definition) is 2. The first kappa shape index (κ1) is 19.8. The lowest BCUT2D eigenvalue weighted by Crippen LogP contribution is -2.35. The fourth-order valence-electron chi connectivity index (χ4n) is 2.75. The molecular formula is C18H29ClN2O2. The van der Waals surface area contributed by atoms with Crippen LogP contribution in [0.2, 0.25) is 0 Å². The molecule has 1 aliphatic heterocycles. The zero-order valence-electron chi connectivity index (χ0n) is 14.1. The van der Waals surface area contributed by atoms with Crippen LogP contribution < -0.4 is 15.4 Å². The van der Waals surface area contributed by atoms with Gasteiger partial charge in [0, 0.05) is 6.42 Å². The molecule has 0 spiro atoms. The summed E-state index contributed by atoms with van der Waals surface area (Å²) in [5.41, 5.74) is 1.13. The fourth-order valence-corrected chi connectivity index (χ4v) is 2.75. The Morgan fingerprint density at radius 1 is 1.43 bits per heavy atom. The van der Waals surface area contributed by atoms with Gasteiger partial charge in [-0.2, -0.15) is 0 Å². The van der Waals surface area contributed by atoms with Crippen molar-refractivity contribution in [1.82, 2.24) is 10.6 Å². The molecule has 2 atom stereocenters. The normalized spacial score (nSPS) is 18.1. The number of carbonyl (C=O) groups is 1. The average Bonchev–Trinajstić information content (AvgIpc) is 3.04. The van der Waals surface area contributed by atoms with Crippen molar-refractivity contribution in [2.45, 2.75) is 45.6 Å². The molecule has 1 fully saturated rings. The Hall–Kier alpha value is -1.26. The highest BCUT2D eigenvalue weighted by Gasteiger charge is 2.16. The molecule has 4 nitrogen and oxygen atoms in total. The molecule has 2 rings (SSSR count). The lowest BCUT2D eigenvalue weighted by atomic mass is 10.0. The van der Waals surface area contributed by atoms with Crippen LogP contribution in [0.4, 0.5) is 0 Å². The Morgan fingerprint density at radius 2 is 2.22 bits per heavy atom. The Morgan fingerprint density at radius 3 is 2.87 bits per heavy atom. The number of nitrogens with one attached hydrogen (secondary N) is 2. The van der Waals surface area contributed by atoms with Gasteiger partial charge in [0.2, 0.25) is 5.91 Å². The molecule has 0 aromatic heterocycles. The highest BCUT2D eigenvalue weighted by molar-refractivity contribution is 5.85. The van der Waals surface area contributed by atoms with E-state index in [2.05, 4.69) is 17.6 Å². The van der Waals surface area contributed by atoms with Gasteiger partial charge in [-0.25, -0.2) is 0 Å². The van der Waals surface area contributed by atoms with Crippen molar-refractivity contribution < 1.29 is 9.53 Å². The van der Waals surface area contributed by atoms with Crippen LogP contribution in [-0.2, 0) is 4.79 Å². The van der Waals surface area contributed by atoms with Gasteiger partial charge in [0.1, 0.15) is 11.9 Å². The van der Waals surface area contributed by atoms with E-state index in [9.17, 15) is 4.79 Å². The van der Waals surface area contributed by atoms with Gasteiger partial charge in [-0.3, -0.25) is 4.79 Å². The number of carbonyl (C=O) groups excluding carboxylic acids is 1. The van der Waals surface area contributed by atoms with Crippen molar-refractivity contribution in [3.8, 4) is 5.75 Å². The number of rotatable bonds is 8. The lowest BCUT2D eigenvalue weighted by molar-refractivity contribution is -0.121. The van der Waals surface area contributed by atoms with E-state index in [0.717, 1.165) is 37.2 Å². The van der Waals surface area contributed by atoms with Gasteiger partial charge in [-0.15, -0.1) is 12.4 Å². The van der Waals surface area contributed by atoms with Gasteiger partial charge in [0.15, 0.2) is 0 Å². The van der Waals surface area contributed by atoms with E-state index in [4.69, 9.17) is 4.74 Å². The molecule has 130 valence electrons. The maximum atomic E-state index is 12.0. The smallest absolute Gasteiger partial charge is 0.220 e. The number of benzene rings is 1. The molecule has 1 saturated heterocycles. The van der Waals surface area contributed by atoms with Crippen molar-refractivity contribution in [1.29, 1.82) is 0 Å². The summed E-state index contributed by atoms with van der Waals surface area (Å²) in [6.07, 6.45) is 3.70. The second-order valence-corrected chi connectivity index (χ2v) is 6.12. The molecule has 5 heteroatoms. The highest BCUT2D eigenvalue weighted by atomic mass is 35.5. The maximum Gasteiger partial charge on any atom is 0.220 e. The van der Waals surface area contributed by atoms with Gasteiger partial charge in [-0.1, -0.05) is 25.1 Å². The number of hydrogen-bond acceptors (Lipinski definition) is 3. The first-order chi connectivity index (χ1) is 10.7. The fraction of sp³-hybridized carbons (Fsp3) is 0.611. The lowest BCUT2D eigenvalue weighted by Gasteiger charge is -2.19. The number of halogens is 1. The number of para-hydroxylation sites is 1. The van der Waals surface area contributed by atoms with Crippen LogP contribution in [0.25, 0.3) is 0 Å². The zero-order chi connectivity index (χ0) is 15.8. The predicted octanol–water partition coefficient (Wildman–Crippen LogP) is 3.08. The molecule has 1 aromatic carbocycles. The third-order valence-corrected chi connectivity index (χ3v) is 4.31. The van der Waals surface area contributed by atoms with Crippen molar-refractivity contribution in [2.75, 3.05) is 19.6 Å². The van der Waals surface area contributed by atoms with Gasteiger partial charge in [0.25, 0.3) is 0 Å². The van der Waals surface area contributed by atoms with Crippen LogP contribution in [0.3, 0.4) is 0 Å². The quantitative estimate of drug-likeness (QED) is 0.764. The van der Waals surface area contributed by atoms with Crippen LogP contribution in [0.15, 0.2) is 24.3 Å². The number of aryl methyl sites for hydroxylation is 1. The summed E-state index contributed by atoms with van der Waals surface area (Å²) in [6, 6.07) is 8.00. The molecule has 2 unspecified atom stereocenters. The van der Waals surface area contributed by atoms with Gasteiger partial charge in [0.05, 0.1) is 6.54 Å². The summed E-state index contributed by atoms with van der Waals surface area (Å²) in [7, 11) is 0. The second-order valence-electron chi connectivity index (χ2n) is 6.12. The molecule has 23 heavy (non-hydrogen) atoms. The van der Waals surface area contributed by atoms with Crippen LogP contribution in [0.5, 0.6) is 5.75 Å². The van der Waals surface area contributed by atoms with Crippen LogP contribution in [-0.4, -0.2) is 31.6 Å². The molecule has 1 heterocycles. The Labute approximate surface area is 145 Å². The second kappa shape index (κ2) is 10.5. The molecule has 0 aliphatic carbocycles. The topological polar surface area (TPSA) is 50.4 Å². The minimum atomic E-state index is 0. The van der Waals surface area contributed by atoms with Crippen LogP contribution in [0.1, 0.15) is 38.2 Å². The molecule has 1 aliphatic rings. The summed E-state index contributed by atoms with van der Waals surface area (Å²) in [6.45, 7) is 6.85. The predicted molar refractivity (Wildman–Crippen MR) is 96.4 cm³/mol. The zero-order valence-corrected chi connectivity index (χ0v) is 15.0. The molecule has 0 saturated carbocycles. The highest BCUT2D eigenvalue weighted by Crippen LogP contribution is 2.18. The first-order valence-corrected chi connectivity index (χ1v) is 8.38. The standard InChI is InChI=1S/C18H28N2O2.ClH/c1-3-16(22-17-7-5-4-6-14(17)2)13-20-18(21)9-8-15-10-11-19-12-15;/h4-7,15-16,19H,3,8-13H2,1-2H3,(H,20,21);1H. The summed E-state index contributed by atoms with van der Waals surface area (Å²) in [5, 5.41) is 6.35. The van der Waals surface area contributed by atoms with E-state index in [1.807, 2.05) is 31.2 Å².